The number of nitriles is 1. The van der Waals surface area contributed by atoms with E-state index in [9.17, 15) is 13.5 Å². The molecule has 1 atom stereocenters. The number of rotatable bonds is 4. The van der Waals surface area contributed by atoms with E-state index in [4.69, 9.17) is 5.26 Å². The van der Waals surface area contributed by atoms with Crippen molar-refractivity contribution in [1.29, 1.82) is 5.26 Å². The van der Waals surface area contributed by atoms with E-state index in [1.807, 2.05) is 30.3 Å². The van der Waals surface area contributed by atoms with Crippen molar-refractivity contribution in [3.8, 4) is 6.07 Å². The summed E-state index contributed by atoms with van der Waals surface area (Å²) >= 11 is 0. The standard InChI is InChI=1S/C18H18N2O3S/c19-12-15-7-2-4-10-17(15)24(22,23)20-13-18(21)11-5-8-14-6-1-3-9-16(14)18/h1-4,6-7,9-10,20-21H,5,8,11,13H2. The Balaban J connectivity index is 1.87. The number of aryl methyl sites for hydroxylation is 1. The van der Waals surface area contributed by atoms with Gasteiger partial charge in [-0.05, 0) is 42.5 Å². The smallest absolute Gasteiger partial charge is 0.241 e. The molecule has 0 amide bonds. The summed E-state index contributed by atoms with van der Waals surface area (Å²) in [6, 6.07) is 15.5. The van der Waals surface area contributed by atoms with Crippen molar-refractivity contribution in [1.82, 2.24) is 4.72 Å². The summed E-state index contributed by atoms with van der Waals surface area (Å²) in [7, 11) is -3.88. The zero-order valence-corrected chi connectivity index (χ0v) is 13.9. The van der Waals surface area contributed by atoms with Gasteiger partial charge in [0, 0.05) is 6.54 Å². The predicted octanol–water partition coefficient (Wildman–Crippen LogP) is 2.06. The average molecular weight is 342 g/mol. The molecule has 1 aliphatic carbocycles. The Kier molecular flexibility index (Phi) is 4.41. The van der Waals surface area contributed by atoms with Gasteiger partial charge in [-0.15, -0.1) is 0 Å². The number of benzene rings is 2. The van der Waals surface area contributed by atoms with Crippen LogP contribution >= 0.6 is 0 Å². The maximum Gasteiger partial charge on any atom is 0.241 e. The number of nitrogens with one attached hydrogen (secondary N) is 1. The van der Waals surface area contributed by atoms with E-state index < -0.39 is 15.6 Å². The summed E-state index contributed by atoms with van der Waals surface area (Å²) in [4.78, 5) is -0.0693. The number of aliphatic hydroxyl groups is 1. The summed E-state index contributed by atoms with van der Waals surface area (Å²) in [6.07, 6.45) is 2.17. The lowest BCUT2D eigenvalue weighted by atomic mass is 9.79. The molecule has 0 radical (unpaired) electrons. The van der Waals surface area contributed by atoms with Crippen molar-refractivity contribution in [3.05, 3.63) is 65.2 Å². The van der Waals surface area contributed by atoms with Gasteiger partial charge in [0.1, 0.15) is 11.7 Å². The summed E-state index contributed by atoms with van der Waals surface area (Å²) in [5.74, 6) is 0. The molecule has 3 rings (SSSR count). The maximum atomic E-state index is 12.5. The van der Waals surface area contributed by atoms with Gasteiger partial charge in [-0.1, -0.05) is 36.4 Å². The van der Waals surface area contributed by atoms with Crippen LogP contribution in [0.25, 0.3) is 0 Å². The molecule has 1 unspecified atom stereocenters. The number of sulfonamides is 1. The Morgan fingerprint density at radius 1 is 1.17 bits per heavy atom. The van der Waals surface area contributed by atoms with E-state index in [1.54, 1.807) is 12.1 Å². The molecule has 0 bridgehead atoms. The molecule has 1 aliphatic rings. The molecule has 0 saturated carbocycles. The summed E-state index contributed by atoms with van der Waals surface area (Å²) in [5, 5.41) is 20.1. The lowest BCUT2D eigenvalue weighted by molar-refractivity contribution is 0.0243. The van der Waals surface area contributed by atoms with Crippen molar-refractivity contribution in [2.75, 3.05) is 6.54 Å². The quantitative estimate of drug-likeness (QED) is 0.890. The minimum absolute atomic E-state index is 0.0693. The van der Waals surface area contributed by atoms with E-state index in [1.165, 1.54) is 12.1 Å². The highest BCUT2D eigenvalue weighted by Crippen LogP contribution is 2.35. The minimum atomic E-state index is -3.88. The van der Waals surface area contributed by atoms with Gasteiger partial charge in [0.2, 0.25) is 10.0 Å². The fourth-order valence-corrected chi connectivity index (χ4v) is 4.41. The molecule has 2 aromatic carbocycles. The summed E-state index contributed by atoms with van der Waals surface area (Å²) in [6.45, 7) is -0.119. The molecular weight excluding hydrogens is 324 g/mol. The van der Waals surface area contributed by atoms with E-state index in [-0.39, 0.29) is 17.0 Å². The van der Waals surface area contributed by atoms with Crippen LogP contribution in [0.4, 0.5) is 0 Å². The molecular formula is C18H18N2O3S. The Morgan fingerprint density at radius 3 is 2.67 bits per heavy atom. The highest BCUT2D eigenvalue weighted by atomic mass is 32.2. The zero-order valence-electron chi connectivity index (χ0n) is 13.1. The minimum Gasteiger partial charge on any atom is -0.384 e. The zero-order chi connectivity index (χ0) is 17.2. The SMILES string of the molecule is N#Cc1ccccc1S(=O)(=O)NCC1(O)CCCc2ccccc21. The van der Waals surface area contributed by atoms with Gasteiger partial charge in [0.05, 0.1) is 10.5 Å². The Morgan fingerprint density at radius 2 is 1.88 bits per heavy atom. The topological polar surface area (TPSA) is 90.2 Å². The number of hydrogen-bond donors (Lipinski definition) is 2. The molecule has 2 aromatic rings. The third kappa shape index (κ3) is 3.06. The highest BCUT2D eigenvalue weighted by Gasteiger charge is 2.35. The molecule has 5 nitrogen and oxygen atoms in total. The van der Waals surface area contributed by atoms with Crippen molar-refractivity contribution in [2.24, 2.45) is 0 Å². The maximum absolute atomic E-state index is 12.5. The Hall–Kier alpha value is -2.20. The molecule has 0 aromatic heterocycles. The largest absolute Gasteiger partial charge is 0.384 e. The molecule has 0 aliphatic heterocycles. The second-order valence-electron chi connectivity index (χ2n) is 5.97. The number of nitrogens with zero attached hydrogens (tertiary/aromatic N) is 1. The number of fused-ring (bicyclic) bond motifs is 1. The molecule has 0 spiro atoms. The second kappa shape index (κ2) is 6.36. The fourth-order valence-electron chi connectivity index (χ4n) is 3.17. The van der Waals surface area contributed by atoms with Gasteiger partial charge in [0.15, 0.2) is 0 Å². The van der Waals surface area contributed by atoms with Crippen LogP contribution in [0.3, 0.4) is 0 Å². The first-order valence-corrected chi connectivity index (χ1v) is 9.24. The van der Waals surface area contributed by atoms with Crippen molar-refractivity contribution in [2.45, 2.75) is 29.8 Å². The first-order chi connectivity index (χ1) is 11.5. The van der Waals surface area contributed by atoms with Gasteiger partial charge in [0.25, 0.3) is 0 Å². The summed E-state index contributed by atoms with van der Waals surface area (Å²) < 4.78 is 27.5. The van der Waals surface area contributed by atoms with Crippen LogP contribution in [-0.4, -0.2) is 20.1 Å². The van der Waals surface area contributed by atoms with E-state index in [0.29, 0.717) is 6.42 Å². The second-order valence-corrected chi connectivity index (χ2v) is 7.71. The fraction of sp³-hybridized carbons (Fsp3) is 0.278. The monoisotopic (exact) mass is 342 g/mol. The van der Waals surface area contributed by atoms with Crippen LogP contribution in [0, 0.1) is 11.3 Å². The first kappa shape index (κ1) is 16.7. The van der Waals surface area contributed by atoms with Gasteiger partial charge in [-0.3, -0.25) is 0 Å². The van der Waals surface area contributed by atoms with E-state index in [0.717, 1.165) is 24.0 Å². The van der Waals surface area contributed by atoms with E-state index >= 15 is 0 Å². The normalized spacial score (nSPS) is 20.2. The van der Waals surface area contributed by atoms with Crippen LogP contribution in [0.1, 0.15) is 29.5 Å². The lowest BCUT2D eigenvalue weighted by Gasteiger charge is -2.34. The highest BCUT2D eigenvalue weighted by molar-refractivity contribution is 7.89. The Bertz CT molecular complexity index is 902. The number of hydrogen-bond acceptors (Lipinski definition) is 4. The van der Waals surface area contributed by atoms with Crippen LogP contribution in [0.15, 0.2) is 53.4 Å². The predicted molar refractivity (Wildman–Crippen MR) is 89.6 cm³/mol. The van der Waals surface area contributed by atoms with Gasteiger partial charge in [-0.2, -0.15) is 5.26 Å². The van der Waals surface area contributed by atoms with Crippen LogP contribution in [0.5, 0.6) is 0 Å². The summed E-state index contributed by atoms with van der Waals surface area (Å²) in [5.41, 5.74) is 0.667. The van der Waals surface area contributed by atoms with Gasteiger partial charge in [-0.25, -0.2) is 13.1 Å². The third-order valence-electron chi connectivity index (χ3n) is 4.41. The molecule has 6 heteroatoms. The van der Waals surface area contributed by atoms with Gasteiger partial charge >= 0.3 is 0 Å². The van der Waals surface area contributed by atoms with Crippen molar-refractivity contribution in [3.63, 3.8) is 0 Å². The third-order valence-corrected chi connectivity index (χ3v) is 5.87. The molecule has 2 N–H and O–H groups in total. The molecule has 0 heterocycles. The average Bonchev–Trinajstić information content (AvgIpc) is 2.61. The van der Waals surface area contributed by atoms with E-state index in [2.05, 4.69) is 4.72 Å². The van der Waals surface area contributed by atoms with Crippen molar-refractivity contribution >= 4 is 10.0 Å². The lowest BCUT2D eigenvalue weighted by Crippen LogP contribution is -2.43. The molecule has 24 heavy (non-hydrogen) atoms. The molecule has 0 saturated heterocycles. The van der Waals surface area contributed by atoms with Crippen molar-refractivity contribution < 1.29 is 13.5 Å². The Labute approximate surface area is 141 Å². The molecule has 124 valence electrons. The van der Waals surface area contributed by atoms with Crippen LogP contribution < -0.4 is 4.72 Å². The van der Waals surface area contributed by atoms with Gasteiger partial charge < -0.3 is 5.11 Å². The molecule has 0 fully saturated rings. The first-order valence-electron chi connectivity index (χ1n) is 7.76. The van der Waals surface area contributed by atoms with Crippen LogP contribution in [-0.2, 0) is 22.0 Å². The van der Waals surface area contributed by atoms with Crippen LogP contribution in [0.2, 0.25) is 0 Å².